The zero-order valence-electron chi connectivity index (χ0n) is 7.12. The molecule has 0 bridgehead atoms. The van der Waals surface area contributed by atoms with Gasteiger partial charge >= 0.3 is 0 Å². The molecule has 0 spiro atoms. The zero-order valence-corrected chi connectivity index (χ0v) is 8.63. The van der Waals surface area contributed by atoms with Crippen molar-refractivity contribution in [3.05, 3.63) is 48.0 Å². The Labute approximate surface area is 92.7 Å². The van der Waals surface area contributed by atoms with E-state index in [0.29, 0.717) is 0 Å². The Morgan fingerprint density at radius 3 is 2.40 bits per heavy atom. The van der Waals surface area contributed by atoms with Crippen LogP contribution in [0, 0.1) is 0 Å². The van der Waals surface area contributed by atoms with Gasteiger partial charge in [0.1, 0.15) is 0 Å². The van der Waals surface area contributed by atoms with Crippen LogP contribution in [-0.2, 0) is 0 Å². The molecule has 0 radical (unpaired) electrons. The lowest BCUT2D eigenvalue weighted by Crippen LogP contribution is -2.31. The van der Waals surface area contributed by atoms with Crippen LogP contribution in [0.3, 0.4) is 0 Å². The van der Waals surface area contributed by atoms with Crippen LogP contribution in [0.2, 0.25) is 10.0 Å². The molecule has 15 heavy (non-hydrogen) atoms. The summed E-state index contributed by atoms with van der Waals surface area (Å²) in [7, 11) is 0. The van der Waals surface area contributed by atoms with Crippen molar-refractivity contribution in [1.29, 1.82) is 0 Å². The molecule has 4 nitrogen and oxygen atoms in total. The summed E-state index contributed by atoms with van der Waals surface area (Å²) in [5.74, 6) is 0. The number of benzene rings is 1. The molecule has 2 aromatic rings. The molecule has 0 saturated heterocycles. The Kier molecular flexibility index (Phi) is 2.25. The van der Waals surface area contributed by atoms with Crippen molar-refractivity contribution < 1.29 is 5.21 Å². The van der Waals surface area contributed by atoms with Crippen LogP contribution >= 0.6 is 23.2 Å². The van der Waals surface area contributed by atoms with E-state index in [4.69, 9.17) is 28.4 Å². The van der Waals surface area contributed by atoms with Gasteiger partial charge in [0.15, 0.2) is 5.36 Å². The van der Waals surface area contributed by atoms with E-state index < -0.39 is 16.2 Å². The monoisotopic (exact) mass is 243 g/mol. The summed E-state index contributed by atoms with van der Waals surface area (Å²) in [6, 6.07) is 2.68. The van der Waals surface area contributed by atoms with Crippen molar-refractivity contribution >= 4 is 34.0 Å². The first-order chi connectivity index (χ1) is 7.06. The number of nitrogens with zero attached hydrogens (tertiary/aromatic N) is 1. The summed E-state index contributed by atoms with van der Waals surface area (Å²) in [5.41, 5.74) is -1.35. The van der Waals surface area contributed by atoms with E-state index in [1.807, 2.05) is 0 Å². The SMILES string of the molecule is O=c1/c(=N/O)c(=O)c2c(Cl)cc(Cl)cc12. The van der Waals surface area contributed by atoms with E-state index >= 15 is 0 Å². The predicted molar refractivity (Wildman–Crippen MR) is 56.2 cm³/mol. The van der Waals surface area contributed by atoms with Crippen molar-refractivity contribution in [3.63, 3.8) is 0 Å². The number of hydrogen-bond donors (Lipinski definition) is 1. The summed E-state index contributed by atoms with van der Waals surface area (Å²) in [5, 5.41) is 11.1. The Morgan fingerprint density at radius 2 is 1.80 bits per heavy atom. The van der Waals surface area contributed by atoms with Crippen LogP contribution in [0.15, 0.2) is 26.9 Å². The van der Waals surface area contributed by atoms with E-state index in [1.54, 1.807) is 0 Å². The van der Waals surface area contributed by atoms with E-state index in [0.717, 1.165) is 0 Å². The van der Waals surface area contributed by atoms with E-state index in [-0.39, 0.29) is 20.8 Å². The fourth-order valence-corrected chi connectivity index (χ4v) is 2.00. The Balaban J connectivity index is 3.25. The quantitative estimate of drug-likeness (QED) is 0.556. The maximum atomic E-state index is 11.5. The van der Waals surface area contributed by atoms with Gasteiger partial charge in [0.2, 0.25) is 10.9 Å². The Hall–Kier alpha value is -1.39. The molecule has 2 rings (SSSR count). The molecule has 0 aliphatic carbocycles. The molecule has 0 aliphatic heterocycles. The van der Waals surface area contributed by atoms with Crippen molar-refractivity contribution in [2.75, 3.05) is 0 Å². The van der Waals surface area contributed by atoms with Crippen molar-refractivity contribution in [3.8, 4) is 0 Å². The average molecular weight is 244 g/mol. The van der Waals surface area contributed by atoms with Gasteiger partial charge in [0.25, 0.3) is 0 Å². The molecular weight excluding hydrogens is 241 g/mol. The molecule has 0 atom stereocenters. The number of fused-ring (bicyclic) bond motifs is 1. The second-order valence-corrected chi connectivity index (χ2v) is 3.76. The van der Waals surface area contributed by atoms with Gasteiger partial charge in [-0.15, -0.1) is 0 Å². The molecular formula is C9H3Cl2NO3. The minimum atomic E-state index is -0.681. The molecule has 2 aromatic carbocycles. The van der Waals surface area contributed by atoms with Crippen LogP contribution in [0.4, 0.5) is 0 Å². The van der Waals surface area contributed by atoms with Crippen molar-refractivity contribution in [2.24, 2.45) is 5.16 Å². The molecule has 6 heteroatoms. The first-order valence-electron chi connectivity index (χ1n) is 3.86. The van der Waals surface area contributed by atoms with Crippen LogP contribution in [0.1, 0.15) is 0 Å². The normalized spacial score (nSPS) is 12.5. The minimum Gasteiger partial charge on any atom is -0.410 e. The highest BCUT2D eigenvalue weighted by Crippen LogP contribution is 2.22. The van der Waals surface area contributed by atoms with E-state index in [1.165, 1.54) is 12.1 Å². The largest absolute Gasteiger partial charge is 0.410 e. The summed E-state index contributed by atoms with van der Waals surface area (Å²) < 4.78 is 0. The Bertz CT molecular complexity index is 699. The summed E-state index contributed by atoms with van der Waals surface area (Å²) in [6.45, 7) is 0. The number of rotatable bonds is 0. The average Bonchev–Trinajstić information content (AvgIpc) is 2.39. The standard InChI is InChI=1S/C9H3Cl2NO3/c10-3-1-4-6(5(11)2-3)9(14)7(12-15)8(4)13/h1-2,15H/b12-7-. The molecule has 0 amide bonds. The predicted octanol–water partition coefficient (Wildman–Crippen LogP) is 1.03. The van der Waals surface area contributed by atoms with Crippen molar-refractivity contribution in [2.45, 2.75) is 0 Å². The lowest BCUT2D eigenvalue weighted by atomic mass is 10.2. The Morgan fingerprint density at radius 1 is 1.13 bits per heavy atom. The summed E-state index contributed by atoms with van der Waals surface area (Å²) >= 11 is 11.4. The zero-order chi connectivity index (χ0) is 11.2. The second kappa shape index (κ2) is 3.32. The fourth-order valence-electron chi connectivity index (χ4n) is 1.42. The van der Waals surface area contributed by atoms with Gasteiger partial charge in [-0.25, -0.2) is 0 Å². The molecule has 0 fully saturated rings. The third-order valence-corrected chi connectivity index (χ3v) is 2.57. The highest BCUT2D eigenvalue weighted by atomic mass is 35.5. The number of hydrogen-bond acceptors (Lipinski definition) is 4. The van der Waals surface area contributed by atoms with Crippen LogP contribution in [0.5, 0.6) is 0 Å². The maximum Gasteiger partial charge on any atom is 0.221 e. The topological polar surface area (TPSA) is 66.7 Å². The molecule has 0 unspecified atom stereocenters. The van der Waals surface area contributed by atoms with Gasteiger partial charge < -0.3 is 5.21 Å². The molecule has 0 aromatic heterocycles. The fraction of sp³-hybridized carbons (Fsp3) is 0. The van der Waals surface area contributed by atoms with Crippen LogP contribution in [0.25, 0.3) is 10.8 Å². The lowest BCUT2D eigenvalue weighted by Gasteiger charge is -1.93. The van der Waals surface area contributed by atoms with Gasteiger partial charge in [-0.1, -0.05) is 28.4 Å². The molecule has 1 N–H and O–H groups in total. The minimum absolute atomic E-state index is 0.0406. The summed E-state index contributed by atoms with van der Waals surface area (Å²) in [6.07, 6.45) is 0. The van der Waals surface area contributed by atoms with Crippen LogP contribution in [-0.4, -0.2) is 5.21 Å². The lowest BCUT2D eigenvalue weighted by molar-refractivity contribution is 0.301. The second-order valence-electron chi connectivity index (χ2n) is 2.92. The summed E-state index contributed by atoms with van der Waals surface area (Å²) in [4.78, 5) is 23.0. The number of halogens is 2. The van der Waals surface area contributed by atoms with Gasteiger partial charge in [-0.05, 0) is 12.1 Å². The van der Waals surface area contributed by atoms with Gasteiger partial charge in [-0.2, -0.15) is 0 Å². The smallest absolute Gasteiger partial charge is 0.221 e. The highest BCUT2D eigenvalue weighted by Gasteiger charge is 2.14. The first kappa shape index (κ1) is 10.1. The van der Waals surface area contributed by atoms with E-state index in [9.17, 15) is 9.59 Å². The third-order valence-electron chi connectivity index (χ3n) is 2.06. The van der Waals surface area contributed by atoms with Crippen LogP contribution < -0.4 is 16.2 Å². The van der Waals surface area contributed by atoms with Gasteiger partial charge in [-0.3, -0.25) is 9.59 Å². The third kappa shape index (κ3) is 1.33. The molecule has 0 aliphatic rings. The first-order valence-corrected chi connectivity index (χ1v) is 4.62. The maximum absolute atomic E-state index is 11.5. The molecule has 76 valence electrons. The molecule has 0 saturated carbocycles. The highest BCUT2D eigenvalue weighted by molar-refractivity contribution is 6.38. The van der Waals surface area contributed by atoms with Gasteiger partial charge in [0.05, 0.1) is 10.4 Å². The van der Waals surface area contributed by atoms with Crippen molar-refractivity contribution in [1.82, 2.24) is 0 Å². The van der Waals surface area contributed by atoms with E-state index in [2.05, 4.69) is 5.16 Å². The molecule has 0 heterocycles. The van der Waals surface area contributed by atoms with Gasteiger partial charge in [0, 0.05) is 10.4 Å².